The molecule has 8 nitrogen and oxygen atoms in total. The van der Waals surface area contributed by atoms with Crippen LogP contribution in [-0.2, 0) is 24.3 Å². The van der Waals surface area contributed by atoms with E-state index >= 15 is 0 Å². The van der Waals surface area contributed by atoms with Crippen molar-refractivity contribution in [2.24, 2.45) is 5.92 Å². The third-order valence-electron chi connectivity index (χ3n) is 5.93. The number of fused-ring (bicyclic) bond motifs is 1. The van der Waals surface area contributed by atoms with Crippen molar-refractivity contribution in [2.75, 3.05) is 24.6 Å². The minimum Gasteiger partial charge on any atom is -0.376 e. The van der Waals surface area contributed by atoms with Crippen LogP contribution >= 0.6 is 0 Å². The molecule has 3 aromatic heterocycles. The Morgan fingerprint density at radius 1 is 1.07 bits per heavy atom. The van der Waals surface area contributed by atoms with Crippen LogP contribution < -0.4 is 10.5 Å². The average molecular weight is 404 g/mol. The smallest absolute Gasteiger partial charge is 0.266 e. The number of hydrogen-bond donors (Lipinski definition) is 0. The first-order valence-corrected chi connectivity index (χ1v) is 10.4. The maximum absolute atomic E-state index is 12.4. The first kappa shape index (κ1) is 18.9. The van der Waals surface area contributed by atoms with E-state index in [9.17, 15) is 4.79 Å². The first-order chi connectivity index (χ1) is 14.8. The molecule has 5 heterocycles. The molecule has 0 N–H and O–H groups in total. The number of nitrogens with zero attached hydrogens (tertiary/aromatic N) is 6. The fourth-order valence-corrected chi connectivity index (χ4v) is 4.25. The molecule has 0 unspecified atom stereocenters. The highest BCUT2D eigenvalue weighted by molar-refractivity contribution is 5.57. The molecule has 3 aromatic rings. The fourth-order valence-electron chi connectivity index (χ4n) is 4.25. The zero-order valence-corrected chi connectivity index (χ0v) is 16.8. The molecule has 0 radical (unpaired) electrons. The van der Waals surface area contributed by atoms with Crippen molar-refractivity contribution in [2.45, 2.75) is 32.4 Å². The standard InChI is InChI=1S/C22H24N6O2/c29-21-2-1-19(17-3-8-23-9-4-17)26-28(21)13-16-5-10-27(11-6-16)22-18-14-30-12-7-20(18)24-15-25-22/h1-4,8-9,15-16H,5-7,10-14H2. The number of aromatic nitrogens is 5. The summed E-state index contributed by atoms with van der Waals surface area (Å²) in [6, 6.07) is 7.19. The van der Waals surface area contributed by atoms with Crippen molar-refractivity contribution in [3.63, 3.8) is 0 Å². The Hall–Kier alpha value is -3.13. The molecule has 0 saturated carbocycles. The Morgan fingerprint density at radius 3 is 2.73 bits per heavy atom. The van der Waals surface area contributed by atoms with Gasteiger partial charge in [-0.05, 0) is 37.0 Å². The molecule has 2 aliphatic rings. The zero-order valence-electron chi connectivity index (χ0n) is 16.8. The van der Waals surface area contributed by atoms with E-state index in [1.165, 1.54) is 0 Å². The van der Waals surface area contributed by atoms with Gasteiger partial charge < -0.3 is 9.64 Å². The molecule has 2 aliphatic heterocycles. The lowest BCUT2D eigenvalue weighted by Crippen LogP contribution is -2.38. The van der Waals surface area contributed by atoms with Gasteiger partial charge >= 0.3 is 0 Å². The Kier molecular flexibility index (Phi) is 5.23. The number of anilines is 1. The van der Waals surface area contributed by atoms with Gasteiger partial charge in [0.15, 0.2) is 0 Å². The van der Waals surface area contributed by atoms with Gasteiger partial charge in [0.05, 0.1) is 24.6 Å². The van der Waals surface area contributed by atoms with Crippen molar-refractivity contribution < 1.29 is 4.74 Å². The summed E-state index contributed by atoms with van der Waals surface area (Å²) in [6.07, 6.45) is 7.97. The highest BCUT2D eigenvalue weighted by Gasteiger charge is 2.25. The van der Waals surface area contributed by atoms with Gasteiger partial charge in [-0.1, -0.05) is 0 Å². The fraction of sp³-hybridized carbons (Fsp3) is 0.409. The summed E-state index contributed by atoms with van der Waals surface area (Å²) < 4.78 is 7.24. The minimum atomic E-state index is -0.0581. The SMILES string of the molecule is O=c1ccc(-c2ccncc2)nn1CC1CCN(c2ncnc3c2COCC3)CC1. The summed E-state index contributed by atoms with van der Waals surface area (Å²) in [6.45, 7) is 3.77. The molecular weight excluding hydrogens is 380 g/mol. The van der Waals surface area contributed by atoms with Gasteiger partial charge in [0.1, 0.15) is 12.1 Å². The van der Waals surface area contributed by atoms with Crippen LogP contribution in [0.2, 0.25) is 0 Å². The highest BCUT2D eigenvalue weighted by Crippen LogP contribution is 2.28. The summed E-state index contributed by atoms with van der Waals surface area (Å²) in [5.41, 5.74) is 3.94. The minimum absolute atomic E-state index is 0.0581. The van der Waals surface area contributed by atoms with Gasteiger partial charge in [-0.2, -0.15) is 5.10 Å². The van der Waals surface area contributed by atoms with E-state index in [2.05, 4.69) is 25.0 Å². The predicted molar refractivity (Wildman–Crippen MR) is 112 cm³/mol. The Balaban J connectivity index is 1.28. The molecule has 1 saturated heterocycles. The summed E-state index contributed by atoms with van der Waals surface area (Å²) in [5.74, 6) is 1.42. The van der Waals surface area contributed by atoms with Crippen molar-refractivity contribution in [3.8, 4) is 11.3 Å². The first-order valence-electron chi connectivity index (χ1n) is 10.4. The molecule has 0 aromatic carbocycles. The Morgan fingerprint density at radius 2 is 1.90 bits per heavy atom. The molecule has 0 bridgehead atoms. The molecule has 0 amide bonds. The maximum Gasteiger partial charge on any atom is 0.266 e. The van der Waals surface area contributed by atoms with E-state index in [0.29, 0.717) is 19.1 Å². The molecule has 30 heavy (non-hydrogen) atoms. The lowest BCUT2D eigenvalue weighted by atomic mass is 9.96. The molecule has 1 fully saturated rings. The van der Waals surface area contributed by atoms with Crippen LogP contribution in [-0.4, -0.2) is 44.4 Å². The quantitative estimate of drug-likeness (QED) is 0.658. The Bertz CT molecular complexity index is 1080. The Labute approximate surface area is 174 Å². The zero-order chi connectivity index (χ0) is 20.3. The van der Waals surface area contributed by atoms with E-state index in [1.54, 1.807) is 35.5 Å². The third-order valence-corrected chi connectivity index (χ3v) is 5.93. The lowest BCUT2D eigenvalue weighted by Gasteiger charge is -2.34. The van der Waals surface area contributed by atoms with Gasteiger partial charge in [-0.3, -0.25) is 9.78 Å². The number of rotatable bonds is 4. The molecule has 0 spiro atoms. The van der Waals surface area contributed by atoms with E-state index in [1.807, 2.05) is 12.1 Å². The van der Waals surface area contributed by atoms with E-state index in [0.717, 1.165) is 67.3 Å². The van der Waals surface area contributed by atoms with Crippen molar-refractivity contribution >= 4 is 5.82 Å². The van der Waals surface area contributed by atoms with E-state index in [-0.39, 0.29) is 5.56 Å². The van der Waals surface area contributed by atoms with E-state index in [4.69, 9.17) is 4.74 Å². The highest BCUT2D eigenvalue weighted by atomic mass is 16.5. The molecule has 0 aliphatic carbocycles. The average Bonchev–Trinajstić information content (AvgIpc) is 2.81. The summed E-state index contributed by atoms with van der Waals surface area (Å²) in [5, 5.41) is 4.60. The summed E-state index contributed by atoms with van der Waals surface area (Å²) in [7, 11) is 0. The number of pyridine rings is 1. The van der Waals surface area contributed by atoms with E-state index < -0.39 is 0 Å². The topological polar surface area (TPSA) is 86.0 Å². The predicted octanol–water partition coefficient (Wildman–Crippen LogP) is 2.08. The van der Waals surface area contributed by atoms with Gasteiger partial charge in [-0.15, -0.1) is 0 Å². The molecule has 8 heteroatoms. The van der Waals surface area contributed by atoms with Crippen LogP contribution in [0.1, 0.15) is 24.1 Å². The van der Waals surface area contributed by atoms with Gasteiger partial charge in [0.25, 0.3) is 5.56 Å². The van der Waals surface area contributed by atoms with Crippen molar-refractivity contribution in [1.82, 2.24) is 24.7 Å². The van der Waals surface area contributed by atoms with Gasteiger partial charge in [0.2, 0.25) is 0 Å². The van der Waals surface area contributed by atoms with Crippen molar-refractivity contribution in [1.29, 1.82) is 0 Å². The molecule has 154 valence electrons. The third kappa shape index (κ3) is 3.82. The number of piperidine rings is 1. The van der Waals surface area contributed by atoms with Crippen LogP contribution in [0.5, 0.6) is 0 Å². The lowest BCUT2D eigenvalue weighted by molar-refractivity contribution is 0.109. The summed E-state index contributed by atoms with van der Waals surface area (Å²) >= 11 is 0. The van der Waals surface area contributed by atoms with Gasteiger partial charge in [0, 0.05) is 55.6 Å². The second-order valence-corrected chi connectivity index (χ2v) is 7.83. The number of hydrogen-bond acceptors (Lipinski definition) is 7. The monoisotopic (exact) mass is 404 g/mol. The summed E-state index contributed by atoms with van der Waals surface area (Å²) in [4.78, 5) is 27.7. The maximum atomic E-state index is 12.4. The van der Waals surface area contributed by atoms with Crippen LogP contribution in [0.3, 0.4) is 0 Å². The van der Waals surface area contributed by atoms with Crippen LogP contribution in [0.4, 0.5) is 5.82 Å². The van der Waals surface area contributed by atoms with Crippen LogP contribution in [0.15, 0.2) is 47.8 Å². The second kappa shape index (κ2) is 8.31. The number of ether oxygens (including phenoxy) is 1. The normalized spacial score (nSPS) is 17.0. The second-order valence-electron chi connectivity index (χ2n) is 7.83. The van der Waals surface area contributed by atoms with Crippen molar-refractivity contribution in [3.05, 3.63) is 64.6 Å². The van der Waals surface area contributed by atoms with Crippen LogP contribution in [0, 0.1) is 5.92 Å². The molecular formula is C22H24N6O2. The largest absolute Gasteiger partial charge is 0.376 e. The molecule has 0 atom stereocenters. The molecule has 5 rings (SSSR count). The van der Waals surface area contributed by atoms with Gasteiger partial charge in [-0.25, -0.2) is 14.6 Å². The van der Waals surface area contributed by atoms with Crippen LogP contribution in [0.25, 0.3) is 11.3 Å².